The predicted octanol–water partition coefficient (Wildman–Crippen LogP) is 2.51. The highest BCUT2D eigenvalue weighted by Crippen LogP contribution is 2.20. The Hall–Kier alpha value is -0.0800. The average Bonchev–Trinajstić information content (AvgIpc) is 2.01. The third kappa shape index (κ3) is 4.97. The van der Waals surface area contributed by atoms with E-state index in [1.807, 2.05) is 0 Å². The first-order chi connectivity index (χ1) is 6.29. The van der Waals surface area contributed by atoms with Crippen molar-refractivity contribution in [3.8, 4) is 0 Å². The minimum absolute atomic E-state index is 0.0130. The molecular formula is C12H27NO. The Balaban J connectivity index is 4.16. The lowest BCUT2D eigenvalue weighted by Gasteiger charge is -2.33. The van der Waals surface area contributed by atoms with Crippen LogP contribution < -0.4 is 0 Å². The molecule has 86 valence electrons. The molecule has 0 saturated heterocycles. The third-order valence-corrected chi connectivity index (χ3v) is 2.65. The van der Waals surface area contributed by atoms with Gasteiger partial charge in [0.1, 0.15) is 0 Å². The Morgan fingerprint density at radius 2 is 1.71 bits per heavy atom. The first kappa shape index (κ1) is 13.9. The molecule has 1 N–H and O–H groups in total. The molecule has 0 spiro atoms. The smallest absolute Gasteiger partial charge is 0.0715 e. The van der Waals surface area contributed by atoms with Crippen LogP contribution in [-0.4, -0.2) is 35.2 Å². The SMILES string of the molecule is CCCN(CC(O)C(C)(C)C)C(C)C. The highest BCUT2D eigenvalue weighted by Gasteiger charge is 2.24. The van der Waals surface area contributed by atoms with Crippen molar-refractivity contribution < 1.29 is 5.11 Å². The Bertz CT molecular complexity index is 149. The molecule has 0 fully saturated rings. The van der Waals surface area contributed by atoms with Gasteiger partial charge in [-0.25, -0.2) is 0 Å². The zero-order chi connectivity index (χ0) is 11.4. The minimum atomic E-state index is -0.239. The highest BCUT2D eigenvalue weighted by molar-refractivity contribution is 4.77. The van der Waals surface area contributed by atoms with Crippen LogP contribution in [0.2, 0.25) is 0 Å². The molecule has 0 aromatic carbocycles. The number of aliphatic hydroxyl groups excluding tert-OH is 1. The second-order valence-corrected chi connectivity index (χ2v) is 5.47. The van der Waals surface area contributed by atoms with Crippen LogP contribution in [-0.2, 0) is 0 Å². The molecular weight excluding hydrogens is 174 g/mol. The van der Waals surface area contributed by atoms with Crippen LogP contribution in [0, 0.1) is 5.41 Å². The topological polar surface area (TPSA) is 23.5 Å². The van der Waals surface area contributed by atoms with Crippen molar-refractivity contribution in [2.45, 2.75) is 60.1 Å². The lowest BCUT2D eigenvalue weighted by atomic mass is 9.88. The fraction of sp³-hybridized carbons (Fsp3) is 1.00. The zero-order valence-electron chi connectivity index (χ0n) is 10.7. The van der Waals surface area contributed by atoms with Crippen LogP contribution in [0.15, 0.2) is 0 Å². The monoisotopic (exact) mass is 201 g/mol. The van der Waals surface area contributed by atoms with Crippen LogP contribution in [0.4, 0.5) is 0 Å². The van der Waals surface area contributed by atoms with Gasteiger partial charge < -0.3 is 5.11 Å². The van der Waals surface area contributed by atoms with E-state index in [2.05, 4.69) is 46.4 Å². The van der Waals surface area contributed by atoms with Crippen LogP contribution in [0.3, 0.4) is 0 Å². The molecule has 0 aromatic rings. The summed E-state index contributed by atoms with van der Waals surface area (Å²) < 4.78 is 0. The quantitative estimate of drug-likeness (QED) is 0.739. The first-order valence-corrected chi connectivity index (χ1v) is 5.71. The van der Waals surface area contributed by atoms with Crippen molar-refractivity contribution in [1.82, 2.24) is 4.90 Å². The molecule has 0 radical (unpaired) electrons. The standard InChI is InChI=1S/C12H27NO/c1-7-8-13(10(2)3)9-11(14)12(4,5)6/h10-11,14H,7-9H2,1-6H3. The first-order valence-electron chi connectivity index (χ1n) is 5.71. The molecule has 0 aliphatic rings. The van der Waals surface area contributed by atoms with E-state index in [1.54, 1.807) is 0 Å². The van der Waals surface area contributed by atoms with Gasteiger partial charge in [0.25, 0.3) is 0 Å². The Morgan fingerprint density at radius 3 is 2.00 bits per heavy atom. The Labute approximate surface area is 89.3 Å². The molecule has 14 heavy (non-hydrogen) atoms. The lowest BCUT2D eigenvalue weighted by Crippen LogP contribution is -2.42. The second-order valence-electron chi connectivity index (χ2n) is 5.47. The summed E-state index contributed by atoms with van der Waals surface area (Å²) in [6.07, 6.45) is 0.908. The molecule has 0 rings (SSSR count). The van der Waals surface area contributed by atoms with Gasteiger partial charge in [0.15, 0.2) is 0 Å². The summed E-state index contributed by atoms with van der Waals surface area (Å²) in [5, 5.41) is 9.99. The third-order valence-electron chi connectivity index (χ3n) is 2.65. The maximum atomic E-state index is 9.99. The molecule has 0 aromatic heterocycles. The van der Waals surface area contributed by atoms with Gasteiger partial charge in [0.2, 0.25) is 0 Å². The van der Waals surface area contributed by atoms with E-state index in [0.717, 1.165) is 19.5 Å². The fourth-order valence-corrected chi connectivity index (χ4v) is 1.34. The highest BCUT2D eigenvalue weighted by atomic mass is 16.3. The molecule has 1 atom stereocenters. The molecule has 0 aliphatic heterocycles. The zero-order valence-corrected chi connectivity index (χ0v) is 10.7. The van der Waals surface area contributed by atoms with Gasteiger partial charge in [-0.05, 0) is 32.2 Å². The molecule has 0 heterocycles. The maximum absolute atomic E-state index is 9.99. The molecule has 1 unspecified atom stereocenters. The number of hydrogen-bond donors (Lipinski definition) is 1. The average molecular weight is 201 g/mol. The maximum Gasteiger partial charge on any atom is 0.0715 e. The van der Waals surface area contributed by atoms with Gasteiger partial charge in [-0.3, -0.25) is 4.90 Å². The van der Waals surface area contributed by atoms with Gasteiger partial charge in [0, 0.05) is 12.6 Å². The van der Waals surface area contributed by atoms with Crippen molar-refractivity contribution in [3.63, 3.8) is 0 Å². The van der Waals surface area contributed by atoms with E-state index in [1.165, 1.54) is 0 Å². The summed E-state index contributed by atoms with van der Waals surface area (Å²) in [7, 11) is 0. The number of aliphatic hydroxyl groups is 1. The van der Waals surface area contributed by atoms with Gasteiger partial charge in [0.05, 0.1) is 6.10 Å². The van der Waals surface area contributed by atoms with Crippen LogP contribution >= 0.6 is 0 Å². The molecule has 2 nitrogen and oxygen atoms in total. The van der Waals surface area contributed by atoms with Crippen molar-refractivity contribution in [2.75, 3.05) is 13.1 Å². The van der Waals surface area contributed by atoms with E-state index < -0.39 is 0 Å². The van der Waals surface area contributed by atoms with Crippen molar-refractivity contribution in [3.05, 3.63) is 0 Å². The van der Waals surface area contributed by atoms with Crippen molar-refractivity contribution in [2.24, 2.45) is 5.41 Å². The number of nitrogens with zero attached hydrogens (tertiary/aromatic N) is 1. The number of hydrogen-bond acceptors (Lipinski definition) is 2. The minimum Gasteiger partial charge on any atom is -0.391 e. The van der Waals surface area contributed by atoms with Crippen LogP contribution in [0.25, 0.3) is 0 Å². The van der Waals surface area contributed by atoms with Gasteiger partial charge in [-0.15, -0.1) is 0 Å². The summed E-state index contributed by atoms with van der Waals surface area (Å²) in [6, 6.07) is 0.520. The molecule has 2 heteroatoms. The normalized spacial score (nSPS) is 15.2. The summed E-state index contributed by atoms with van der Waals surface area (Å²) in [6.45, 7) is 14.7. The van der Waals surface area contributed by atoms with Crippen LogP contribution in [0.5, 0.6) is 0 Å². The largest absolute Gasteiger partial charge is 0.391 e. The number of rotatable bonds is 5. The van der Waals surface area contributed by atoms with Gasteiger partial charge >= 0.3 is 0 Å². The summed E-state index contributed by atoms with van der Waals surface area (Å²) >= 11 is 0. The van der Waals surface area contributed by atoms with Crippen molar-refractivity contribution >= 4 is 0 Å². The summed E-state index contributed by atoms with van der Waals surface area (Å²) in [5.74, 6) is 0. The summed E-state index contributed by atoms with van der Waals surface area (Å²) in [5.41, 5.74) is -0.0130. The molecule has 0 amide bonds. The van der Waals surface area contributed by atoms with Gasteiger partial charge in [-0.2, -0.15) is 0 Å². The predicted molar refractivity (Wildman–Crippen MR) is 62.5 cm³/mol. The van der Waals surface area contributed by atoms with E-state index in [0.29, 0.717) is 6.04 Å². The lowest BCUT2D eigenvalue weighted by molar-refractivity contribution is 0.0199. The molecule has 0 aliphatic carbocycles. The van der Waals surface area contributed by atoms with E-state index in [-0.39, 0.29) is 11.5 Å². The second kappa shape index (κ2) is 5.72. The van der Waals surface area contributed by atoms with E-state index in [9.17, 15) is 5.11 Å². The van der Waals surface area contributed by atoms with Gasteiger partial charge in [-0.1, -0.05) is 27.7 Å². The van der Waals surface area contributed by atoms with Crippen LogP contribution in [0.1, 0.15) is 48.0 Å². The van der Waals surface area contributed by atoms with E-state index in [4.69, 9.17) is 0 Å². The Kier molecular flexibility index (Phi) is 5.68. The fourth-order valence-electron chi connectivity index (χ4n) is 1.34. The summed E-state index contributed by atoms with van der Waals surface area (Å²) in [4.78, 5) is 2.34. The Morgan fingerprint density at radius 1 is 1.21 bits per heavy atom. The molecule has 0 saturated carbocycles. The van der Waals surface area contributed by atoms with E-state index >= 15 is 0 Å². The van der Waals surface area contributed by atoms with Crippen molar-refractivity contribution in [1.29, 1.82) is 0 Å². The molecule has 0 bridgehead atoms.